The number of imidazole rings is 1. The summed E-state index contributed by atoms with van der Waals surface area (Å²) in [6.07, 6.45) is 8.18. The molecule has 9 heteroatoms. The Bertz CT molecular complexity index is 917. The third-order valence-corrected chi connectivity index (χ3v) is 6.00. The van der Waals surface area contributed by atoms with E-state index in [0.717, 1.165) is 37.9 Å². The van der Waals surface area contributed by atoms with E-state index in [9.17, 15) is 8.99 Å². The van der Waals surface area contributed by atoms with Crippen LogP contribution in [0.3, 0.4) is 0 Å². The minimum Gasteiger partial charge on any atom is -0.397 e. The highest BCUT2D eigenvalue weighted by Gasteiger charge is 2.53. The topological polar surface area (TPSA) is 101 Å². The second-order valence-electron chi connectivity index (χ2n) is 7.54. The number of aromatic nitrogens is 3. The maximum absolute atomic E-state index is 12.4. The molecule has 2 aliphatic carbocycles. The second kappa shape index (κ2) is 8.71. The molecule has 2 fully saturated rings. The average molecular weight is 421 g/mol. The van der Waals surface area contributed by atoms with Crippen molar-refractivity contribution < 1.29 is 8.99 Å². The number of rotatable bonds is 6. The number of nitrogens with two attached hydrogens (primary N) is 1. The first-order valence-corrected chi connectivity index (χ1v) is 10.8. The molecule has 0 aromatic carbocycles. The normalized spacial score (nSPS) is 26.5. The Morgan fingerprint density at radius 1 is 1.38 bits per heavy atom. The van der Waals surface area contributed by atoms with E-state index in [2.05, 4.69) is 19.8 Å². The molecule has 2 bridgehead atoms. The van der Waals surface area contributed by atoms with Gasteiger partial charge in [-0.15, -0.1) is 8.98 Å². The summed E-state index contributed by atoms with van der Waals surface area (Å²) >= 11 is -0.0777. The van der Waals surface area contributed by atoms with E-state index in [-0.39, 0.29) is 17.9 Å². The van der Waals surface area contributed by atoms with Crippen molar-refractivity contribution in [1.82, 2.24) is 14.6 Å². The number of nitrogens with zero attached hydrogens (tertiary/aromatic N) is 4. The molecule has 4 N–H and O–H groups in total. The van der Waals surface area contributed by atoms with Crippen LogP contribution in [0.2, 0.25) is 0 Å². The molecule has 2 saturated carbocycles. The predicted octanol–water partition coefficient (Wildman–Crippen LogP) is 4.30. The zero-order chi connectivity index (χ0) is 21.1. The molecule has 7 nitrogen and oxygen atoms in total. The molecular formula is C20H29FN6OS. The monoisotopic (exact) mass is 420 g/mol. The van der Waals surface area contributed by atoms with Crippen LogP contribution >= 0.6 is 12.3 Å². The second-order valence-corrected chi connectivity index (χ2v) is 7.86. The van der Waals surface area contributed by atoms with Gasteiger partial charge in [0.15, 0.2) is 18.0 Å². The van der Waals surface area contributed by atoms with Gasteiger partial charge < -0.3 is 16.2 Å². The molecule has 0 amide bonds. The van der Waals surface area contributed by atoms with Crippen molar-refractivity contribution >= 4 is 35.2 Å². The molecule has 4 rings (SSSR count). The molecule has 158 valence electrons. The third-order valence-electron chi connectivity index (χ3n) is 5.69. The lowest BCUT2D eigenvalue weighted by Gasteiger charge is -2.28. The summed E-state index contributed by atoms with van der Waals surface area (Å²) in [5, 5.41) is 18.6. The van der Waals surface area contributed by atoms with Gasteiger partial charge in [-0.25, -0.2) is 9.50 Å². The fourth-order valence-corrected chi connectivity index (χ4v) is 4.52. The van der Waals surface area contributed by atoms with Crippen molar-refractivity contribution in [2.45, 2.75) is 70.4 Å². The van der Waals surface area contributed by atoms with Gasteiger partial charge in [0.2, 0.25) is 0 Å². The van der Waals surface area contributed by atoms with Crippen molar-refractivity contribution in [3.8, 4) is 0 Å². The van der Waals surface area contributed by atoms with Crippen LogP contribution in [-0.2, 0) is 0 Å². The first kappa shape index (κ1) is 21.6. The number of hydrogen-bond acceptors (Lipinski definition) is 7. The lowest BCUT2D eigenvalue weighted by atomic mass is 9.93. The largest absolute Gasteiger partial charge is 0.397 e. The molecule has 0 saturated heterocycles. The van der Waals surface area contributed by atoms with Crippen LogP contribution in [0.5, 0.6) is 0 Å². The highest BCUT2D eigenvalue weighted by molar-refractivity contribution is 7.93. The van der Waals surface area contributed by atoms with Gasteiger partial charge in [-0.3, -0.25) is 0 Å². The molecule has 0 radical (unpaired) electrons. The number of anilines is 1. The zero-order valence-corrected chi connectivity index (χ0v) is 18.0. The van der Waals surface area contributed by atoms with E-state index in [1.807, 2.05) is 32.9 Å². The SMILES string of the molecule is CC.CCC(/C=C(\N)c1cnc2ccc(NC34CCC(O)(CC3)C4)nn12)=N\SF. The van der Waals surface area contributed by atoms with Gasteiger partial charge in [-0.2, -0.15) is 4.40 Å². The molecule has 0 aliphatic heterocycles. The van der Waals surface area contributed by atoms with Crippen molar-refractivity contribution in [1.29, 1.82) is 0 Å². The number of nitrogens with one attached hydrogen (secondary N) is 1. The quantitative estimate of drug-likeness (QED) is 0.476. The maximum atomic E-state index is 12.4. The number of aliphatic hydroxyl groups is 1. The van der Waals surface area contributed by atoms with E-state index in [0.29, 0.717) is 29.2 Å². The first-order valence-electron chi connectivity index (χ1n) is 10.1. The van der Waals surface area contributed by atoms with E-state index in [4.69, 9.17) is 5.73 Å². The number of hydrogen-bond donors (Lipinski definition) is 3. The molecule has 2 heterocycles. The molecule has 0 atom stereocenters. The predicted molar refractivity (Wildman–Crippen MR) is 117 cm³/mol. The first-order chi connectivity index (χ1) is 14.0. The van der Waals surface area contributed by atoms with E-state index in [1.54, 1.807) is 16.8 Å². The van der Waals surface area contributed by atoms with Gasteiger partial charge in [-0.05, 0) is 56.7 Å². The maximum Gasteiger partial charge on any atom is 0.186 e. The molecule has 0 unspecified atom stereocenters. The van der Waals surface area contributed by atoms with Crippen LogP contribution in [0.15, 0.2) is 28.8 Å². The molecule has 2 aromatic heterocycles. The Balaban J connectivity index is 0.00000117. The Hall–Kier alpha value is -2.13. The van der Waals surface area contributed by atoms with Crippen LogP contribution in [0, 0.1) is 0 Å². The van der Waals surface area contributed by atoms with E-state index >= 15 is 0 Å². The fraction of sp³-hybridized carbons (Fsp3) is 0.550. The number of allylic oxidation sites excluding steroid dienone is 1. The van der Waals surface area contributed by atoms with Crippen molar-refractivity contribution in [2.24, 2.45) is 10.1 Å². The van der Waals surface area contributed by atoms with E-state index < -0.39 is 5.60 Å². The Morgan fingerprint density at radius 2 is 2.10 bits per heavy atom. The van der Waals surface area contributed by atoms with Crippen molar-refractivity contribution in [3.63, 3.8) is 0 Å². The lowest BCUT2D eigenvalue weighted by molar-refractivity contribution is 0.0521. The minimum atomic E-state index is -0.519. The Morgan fingerprint density at radius 3 is 2.69 bits per heavy atom. The Kier molecular flexibility index (Phi) is 6.48. The van der Waals surface area contributed by atoms with Gasteiger partial charge in [-0.1, -0.05) is 20.8 Å². The van der Waals surface area contributed by atoms with Crippen LogP contribution in [0.25, 0.3) is 11.3 Å². The summed E-state index contributed by atoms with van der Waals surface area (Å²) in [5.74, 6) is 0.726. The summed E-state index contributed by atoms with van der Waals surface area (Å²) < 4.78 is 17.8. The summed E-state index contributed by atoms with van der Waals surface area (Å²) in [6.45, 7) is 5.89. The van der Waals surface area contributed by atoms with Crippen molar-refractivity contribution in [3.05, 3.63) is 30.1 Å². The van der Waals surface area contributed by atoms with Gasteiger partial charge in [0.1, 0.15) is 11.5 Å². The molecule has 2 aliphatic rings. The lowest BCUT2D eigenvalue weighted by Crippen LogP contribution is -2.33. The van der Waals surface area contributed by atoms with Gasteiger partial charge in [0.25, 0.3) is 0 Å². The standard InChI is InChI=1S/C18H23FN6OS.C2H6/c1-2-12(24-27-19)9-13(20)14-10-21-16-4-3-15(23-25(14)16)22-17-5-7-18(26,11-17)8-6-17;1-2/h3-4,9-10,26H,2,5-8,11,20H2,1H3,(H,22,23);1-2H3/b13-9-,24-12+;. The van der Waals surface area contributed by atoms with Crippen LogP contribution in [0.4, 0.5) is 9.70 Å². The summed E-state index contributed by atoms with van der Waals surface area (Å²) in [6, 6.07) is 3.78. The third kappa shape index (κ3) is 4.40. The van der Waals surface area contributed by atoms with Gasteiger partial charge in [0, 0.05) is 5.54 Å². The fourth-order valence-electron chi connectivity index (χ4n) is 4.25. The van der Waals surface area contributed by atoms with Crippen molar-refractivity contribution in [2.75, 3.05) is 5.32 Å². The average Bonchev–Trinajstić information content (AvgIpc) is 3.39. The summed E-state index contributed by atoms with van der Waals surface area (Å²) in [5.41, 5.74) is 7.88. The van der Waals surface area contributed by atoms with Gasteiger partial charge in [0.05, 0.1) is 23.2 Å². The summed E-state index contributed by atoms with van der Waals surface area (Å²) in [7, 11) is 0. The van der Waals surface area contributed by atoms with Crippen LogP contribution in [0.1, 0.15) is 65.0 Å². The zero-order valence-electron chi connectivity index (χ0n) is 17.2. The van der Waals surface area contributed by atoms with Crippen LogP contribution < -0.4 is 11.1 Å². The summed E-state index contributed by atoms with van der Waals surface area (Å²) in [4.78, 5) is 4.34. The number of fused-ring (bicyclic) bond motifs is 3. The molecule has 0 spiro atoms. The highest BCUT2D eigenvalue weighted by atomic mass is 32.2. The molecule has 29 heavy (non-hydrogen) atoms. The molecule has 2 aromatic rings. The van der Waals surface area contributed by atoms with E-state index in [1.165, 1.54) is 0 Å². The molecular weight excluding hydrogens is 391 g/mol. The highest BCUT2D eigenvalue weighted by Crippen LogP contribution is 2.51. The van der Waals surface area contributed by atoms with Gasteiger partial charge >= 0.3 is 0 Å². The van der Waals surface area contributed by atoms with Crippen LogP contribution in [-0.4, -0.2) is 36.6 Å². The smallest absolute Gasteiger partial charge is 0.186 e. The number of halogens is 1. The Labute approximate surface area is 175 Å². The minimum absolute atomic E-state index is 0.0777.